The summed E-state index contributed by atoms with van der Waals surface area (Å²) in [5.41, 5.74) is 1.80. The largest absolute Gasteiger partial charge is 0.477 e. The van der Waals surface area contributed by atoms with E-state index in [1.54, 1.807) is 19.2 Å². The SMILES string of the molecule is CCOc1cc(C(=O)N[C@H](Cc2ccc(-c3cc(Cl)ccc3F)cc2)C[C@](C)(CO)COC)[nH]n1. The Morgan fingerprint density at radius 2 is 2.00 bits per heavy atom. The molecule has 0 aliphatic heterocycles. The molecule has 0 saturated carbocycles. The first-order valence-corrected chi connectivity index (χ1v) is 11.8. The number of hydrogen-bond donors (Lipinski definition) is 3. The summed E-state index contributed by atoms with van der Waals surface area (Å²) in [5.74, 6) is -0.335. The second-order valence-corrected chi connectivity index (χ2v) is 9.29. The van der Waals surface area contributed by atoms with E-state index in [1.165, 1.54) is 12.1 Å². The van der Waals surface area contributed by atoms with Crippen molar-refractivity contribution in [2.24, 2.45) is 5.41 Å². The molecule has 3 rings (SSSR count). The lowest BCUT2D eigenvalue weighted by Crippen LogP contribution is -2.42. The van der Waals surface area contributed by atoms with Gasteiger partial charge in [-0.05, 0) is 49.1 Å². The topological polar surface area (TPSA) is 96.5 Å². The van der Waals surface area contributed by atoms with Crippen LogP contribution >= 0.6 is 11.6 Å². The van der Waals surface area contributed by atoms with Gasteiger partial charge in [-0.3, -0.25) is 9.89 Å². The van der Waals surface area contributed by atoms with Crippen molar-refractivity contribution in [1.29, 1.82) is 0 Å². The van der Waals surface area contributed by atoms with Crippen molar-refractivity contribution in [3.8, 4) is 17.0 Å². The molecule has 9 heteroatoms. The summed E-state index contributed by atoms with van der Waals surface area (Å²) >= 11 is 6.03. The molecule has 0 aliphatic rings. The van der Waals surface area contributed by atoms with E-state index < -0.39 is 5.41 Å². The van der Waals surface area contributed by atoms with Crippen LogP contribution in [-0.4, -0.2) is 54.2 Å². The highest BCUT2D eigenvalue weighted by Crippen LogP contribution is 2.28. The molecule has 1 amide bonds. The third-order valence-electron chi connectivity index (χ3n) is 5.72. The van der Waals surface area contributed by atoms with Crippen LogP contribution in [0.5, 0.6) is 5.88 Å². The van der Waals surface area contributed by atoms with Gasteiger partial charge in [-0.25, -0.2) is 4.39 Å². The minimum atomic E-state index is -0.555. The van der Waals surface area contributed by atoms with Crippen LogP contribution in [0.25, 0.3) is 11.1 Å². The smallest absolute Gasteiger partial charge is 0.269 e. The lowest BCUT2D eigenvalue weighted by Gasteiger charge is -2.31. The Bertz CT molecular complexity index is 1120. The summed E-state index contributed by atoms with van der Waals surface area (Å²) < 4.78 is 24.9. The van der Waals surface area contributed by atoms with Crippen molar-refractivity contribution in [3.05, 3.63) is 70.6 Å². The fraction of sp³-hybridized carbons (Fsp3) is 0.385. The number of carbonyl (C=O) groups excluding carboxylic acids is 1. The second-order valence-electron chi connectivity index (χ2n) is 8.85. The predicted molar refractivity (Wildman–Crippen MR) is 133 cm³/mol. The molecule has 0 fully saturated rings. The number of H-pyrrole nitrogens is 1. The van der Waals surface area contributed by atoms with Gasteiger partial charge in [0.25, 0.3) is 5.91 Å². The fourth-order valence-corrected chi connectivity index (χ4v) is 4.19. The van der Waals surface area contributed by atoms with E-state index in [0.29, 0.717) is 48.1 Å². The molecule has 7 nitrogen and oxygen atoms in total. The van der Waals surface area contributed by atoms with Gasteiger partial charge >= 0.3 is 0 Å². The van der Waals surface area contributed by atoms with Gasteiger partial charge in [0.15, 0.2) is 0 Å². The van der Waals surface area contributed by atoms with Crippen molar-refractivity contribution < 1.29 is 23.8 Å². The molecule has 0 unspecified atom stereocenters. The minimum absolute atomic E-state index is 0.0985. The number of rotatable bonds is 12. The number of aromatic nitrogens is 2. The van der Waals surface area contributed by atoms with Crippen LogP contribution in [0.1, 0.15) is 36.3 Å². The van der Waals surface area contributed by atoms with E-state index in [-0.39, 0.29) is 30.1 Å². The third-order valence-corrected chi connectivity index (χ3v) is 5.95. The van der Waals surface area contributed by atoms with Gasteiger partial charge in [0.05, 0.1) is 19.8 Å². The highest BCUT2D eigenvalue weighted by Gasteiger charge is 2.29. The Labute approximate surface area is 209 Å². The fourth-order valence-electron chi connectivity index (χ4n) is 4.01. The number of aromatic amines is 1. The molecular formula is C26H31ClFN3O4. The van der Waals surface area contributed by atoms with Crippen LogP contribution in [0.15, 0.2) is 48.5 Å². The van der Waals surface area contributed by atoms with Crippen molar-refractivity contribution >= 4 is 17.5 Å². The zero-order valence-corrected chi connectivity index (χ0v) is 20.9. The molecule has 3 aromatic rings. The zero-order chi connectivity index (χ0) is 25.4. The predicted octanol–water partition coefficient (Wildman–Crippen LogP) is 4.64. The van der Waals surface area contributed by atoms with E-state index in [1.807, 2.05) is 38.1 Å². The number of nitrogens with zero attached hydrogens (tertiary/aromatic N) is 1. The monoisotopic (exact) mass is 503 g/mol. The molecule has 0 radical (unpaired) electrons. The van der Waals surface area contributed by atoms with Gasteiger partial charge < -0.3 is 19.9 Å². The highest BCUT2D eigenvalue weighted by molar-refractivity contribution is 6.30. The summed E-state index contributed by atoms with van der Waals surface area (Å²) in [6.45, 7) is 4.42. The molecule has 35 heavy (non-hydrogen) atoms. The average molecular weight is 504 g/mol. The van der Waals surface area contributed by atoms with Gasteiger partial charge in [0.2, 0.25) is 5.88 Å². The summed E-state index contributed by atoms with van der Waals surface area (Å²) in [7, 11) is 1.58. The maximum absolute atomic E-state index is 14.3. The standard InChI is InChI=1S/C26H31ClFN3O4/c1-4-35-24-13-23(30-31-24)25(33)29-20(14-26(2,15-32)16-34-3)11-17-5-7-18(8-6-17)21-12-19(27)9-10-22(21)28/h5-10,12-13,20,32H,4,11,14-16H2,1-3H3,(H,29,33)(H,30,31)/t20-,26-/m1/s1. The highest BCUT2D eigenvalue weighted by atomic mass is 35.5. The van der Waals surface area contributed by atoms with E-state index in [4.69, 9.17) is 21.1 Å². The van der Waals surface area contributed by atoms with Crippen LogP contribution in [0.2, 0.25) is 5.02 Å². The number of carbonyl (C=O) groups is 1. The van der Waals surface area contributed by atoms with Gasteiger partial charge in [-0.2, -0.15) is 0 Å². The molecule has 0 spiro atoms. The number of halogens is 2. The van der Waals surface area contributed by atoms with Gasteiger partial charge in [0.1, 0.15) is 11.5 Å². The molecule has 188 valence electrons. The molecule has 2 atom stereocenters. The molecule has 2 aromatic carbocycles. The maximum atomic E-state index is 14.3. The molecule has 0 aliphatic carbocycles. The van der Waals surface area contributed by atoms with Crippen molar-refractivity contribution in [3.63, 3.8) is 0 Å². The van der Waals surface area contributed by atoms with E-state index in [0.717, 1.165) is 5.56 Å². The summed E-state index contributed by atoms with van der Waals surface area (Å²) in [6, 6.07) is 13.1. The van der Waals surface area contributed by atoms with Crippen LogP contribution in [0, 0.1) is 11.2 Å². The first-order chi connectivity index (χ1) is 16.8. The minimum Gasteiger partial charge on any atom is -0.477 e. The summed E-state index contributed by atoms with van der Waals surface area (Å²) in [4.78, 5) is 12.9. The Hall–Kier alpha value is -2.94. The number of aliphatic hydroxyl groups is 1. The Balaban J connectivity index is 1.80. The quantitative estimate of drug-likeness (QED) is 0.334. The summed E-state index contributed by atoms with van der Waals surface area (Å²) in [5, 5.41) is 20.2. The lowest BCUT2D eigenvalue weighted by molar-refractivity contribution is 0.0287. The first-order valence-electron chi connectivity index (χ1n) is 11.4. The average Bonchev–Trinajstić information content (AvgIpc) is 3.30. The van der Waals surface area contributed by atoms with Crippen LogP contribution < -0.4 is 10.1 Å². The van der Waals surface area contributed by atoms with E-state index in [2.05, 4.69) is 15.5 Å². The number of hydrogen-bond acceptors (Lipinski definition) is 5. The van der Waals surface area contributed by atoms with Crippen LogP contribution in [0.4, 0.5) is 4.39 Å². The number of benzene rings is 2. The Morgan fingerprint density at radius 1 is 1.26 bits per heavy atom. The number of amides is 1. The second kappa shape index (κ2) is 12.2. The van der Waals surface area contributed by atoms with E-state index >= 15 is 0 Å². The van der Waals surface area contributed by atoms with Crippen molar-refractivity contribution in [2.75, 3.05) is 26.9 Å². The molecular weight excluding hydrogens is 473 g/mol. The first kappa shape index (κ1) is 26.7. The Morgan fingerprint density at radius 3 is 2.66 bits per heavy atom. The van der Waals surface area contributed by atoms with E-state index in [9.17, 15) is 14.3 Å². The number of nitrogens with one attached hydrogen (secondary N) is 2. The van der Waals surface area contributed by atoms with Gasteiger partial charge in [0, 0.05) is 35.2 Å². The van der Waals surface area contributed by atoms with Crippen molar-refractivity contribution in [2.45, 2.75) is 32.7 Å². The molecule has 1 aromatic heterocycles. The third kappa shape index (κ3) is 7.27. The van der Waals surface area contributed by atoms with Gasteiger partial charge in [-0.1, -0.05) is 42.8 Å². The van der Waals surface area contributed by atoms with Crippen molar-refractivity contribution in [1.82, 2.24) is 15.5 Å². The van der Waals surface area contributed by atoms with Gasteiger partial charge in [-0.15, -0.1) is 5.10 Å². The van der Waals surface area contributed by atoms with Crippen LogP contribution in [0.3, 0.4) is 0 Å². The summed E-state index contributed by atoms with van der Waals surface area (Å²) in [6.07, 6.45) is 0.968. The van der Waals surface area contributed by atoms with Crippen LogP contribution in [-0.2, 0) is 11.2 Å². The number of ether oxygens (including phenoxy) is 2. The molecule has 0 bridgehead atoms. The number of methoxy groups -OCH3 is 1. The maximum Gasteiger partial charge on any atom is 0.269 e. The number of aliphatic hydroxyl groups excluding tert-OH is 1. The molecule has 3 N–H and O–H groups in total. The normalized spacial score (nSPS) is 13.8. The molecule has 1 heterocycles. The molecule has 0 saturated heterocycles. The zero-order valence-electron chi connectivity index (χ0n) is 20.1. The Kier molecular flexibility index (Phi) is 9.26. The lowest BCUT2D eigenvalue weighted by atomic mass is 9.83.